The van der Waals surface area contributed by atoms with E-state index in [4.69, 9.17) is 0 Å². The zero-order chi connectivity index (χ0) is 20.6. The molecule has 3 rings (SSSR count). The first kappa shape index (κ1) is 20.7. The molecule has 3 aromatic rings. The Bertz CT molecular complexity index is 936. The SMILES string of the molecule is CCc1cccc(NC(=O)CN(C)CCCc2cc(-c3ccc(F)cc3)n[nH]2)c1. The summed E-state index contributed by atoms with van der Waals surface area (Å²) in [6, 6.07) is 16.2. The van der Waals surface area contributed by atoms with Crippen LogP contribution in [0.1, 0.15) is 24.6 Å². The number of halogens is 1. The van der Waals surface area contributed by atoms with Gasteiger partial charge >= 0.3 is 0 Å². The Labute approximate surface area is 170 Å². The van der Waals surface area contributed by atoms with Crippen molar-refractivity contribution in [2.24, 2.45) is 0 Å². The summed E-state index contributed by atoms with van der Waals surface area (Å²) in [6.07, 6.45) is 2.68. The molecule has 0 saturated heterocycles. The van der Waals surface area contributed by atoms with Gasteiger partial charge in [-0.25, -0.2) is 4.39 Å². The quantitative estimate of drug-likeness (QED) is 0.569. The molecule has 0 saturated carbocycles. The van der Waals surface area contributed by atoms with Gasteiger partial charge in [0, 0.05) is 16.9 Å². The number of hydrogen-bond donors (Lipinski definition) is 2. The molecule has 0 atom stereocenters. The van der Waals surface area contributed by atoms with Crippen molar-refractivity contribution >= 4 is 11.6 Å². The standard InChI is InChI=1S/C23H27FN4O/c1-3-17-6-4-7-20(14-17)25-23(29)16-28(2)13-5-8-21-15-22(27-26-21)18-9-11-19(24)12-10-18/h4,6-7,9-12,14-15H,3,5,8,13,16H2,1-2H3,(H,25,29)(H,26,27). The second kappa shape index (κ2) is 9.98. The van der Waals surface area contributed by atoms with Crippen molar-refractivity contribution in [3.63, 3.8) is 0 Å². The van der Waals surface area contributed by atoms with Crippen molar-refractivity contribution in [2.75, 3.05) is 25.5 Å². The van der Waals surface area contributed by atoms with Crippen LogP contribution in [0.3, 0.4) is 0 Å². The summed E-state index contributed by atoms with van der Waals surface area (Å²) < 4.78 is 13.0. The molecule has 152 valence electrons. The maximum Gasteiger partial charge on any atom is 0.238 e. The third-order valence-electron chi connectivity index (χ3n) is 4.79. The fourth-order valence-electron chi connectivity index (χ4n) is 3.19. The molecule has 2 aromatic carbocycles. The van der Waals surface area contributed by atoms with Crippen LogP contribution in [0.15, 0.2) is 54.6 Å². The summed E-state index contributed by atoms with van der Waals surface area (Å²) in [5.41, 5.74) is 4.76. The van der Waals surface area contributed by atoms with Gasteiger partial charge in [-0.2, -0.15) is 5.10 Å². The average molecular weight is 394 g/mol. The van der Waals surface area contributed by atoms with Gasteiger partial charge in [-0.05, 0) is 80.9 Å². The maximum atomic E-state index is 13.0. The second-order valence-electron chi connectivity index (χ2n) is 7.23. The molecule has 0 aliphatic heterocycles. The smallest absolute Gasteiger partial charge is 0.238 e. The van der Waals surface area contributed by atoms with Gasteiger partial charge in [-0.15, -0.1) is 0 Å². The molecule has 0 aliphatic rings. The number of aryl methyl sites for hydroxylation is 2. The summed E-state index contributed by atoms with van der Waals surface area (Å²) in [5.74, 6) is -0.268. The molecular formula is C23H27FN4O. The number of benzene rings is 2. The van der Waals surface area contributed by atoms with Crippen molar-refractivity contribution < 1.29 is 9.18 Å². The molecule has 0 fully saturated rings. The lowest BCUT2D eigenvalue weighted by Crippen LogP contribution is -2.31. The predicted octanol–water partition coefficient (Wildman–Crippen LogP) is 4.28. The Morgan fingerprint density at radius 3 is 2.72 bits per heavy atom. The van der Waals surface area contributed by atoms with Gasteiger partial charge in [-0.1, -0.05) is 19.1 Å². The number of aromatic amines is 1. The zero-order valence-electron chi connectivity index (χ0n) is 16.9. The van der Waals surface area contributed by atoms with Crippen LogP contribution < -0.4 is 5.32 Å². The Morgan fingerprint density at radius 1 is 1.17 bits per heavy atom. The van der Waals surface area contributed by atoms with Crippen LogP contribution in [0.4, 0.5) is 10.1 Å². The first-order valence-electron chi connectivity index (χ1n) is 9.91. The minimum absolute atomic E-state index is 0.0131. The lowest BCUT2D eigenvalue weighted by atomic mass is 10.1. The van der Waals surface area contributed by atoms with Gasteiger partial charge in [0.2, 0.25) is 5.91 Å². The number of rotatable bonds is 9. The summed E-state index contributed by atoms with van der Waals surface area (Å²) >= 11 is 0. The Morgan fingerprint density at radius 2 is 1.97 bits per heavy atom. The number of carbonyl (C=O) groups excluding carboxylic acids is 1. The third kappa shape index (κ3) is 6.26. The van der Waals surface area contributed by atoms with Gasteiger partial charge in [0.1, 0.15) is 5.82 Å². The van der Waals surface area contributed by atoms with E-state index in [1.54, 1.807) is 12.1 Å². The molecule has 1 aromatic heterocycles. The summed E-state index contributed by atoms with van der Waals surface area (Å²) in [6.45, 7) is 3.24. The molecule has 0 bridgehead atoms. The largest absolute Gasteiger partial charge is 0.325 e. The maximum absolute atomic E-state index is 13.0. The Hall–Kier alpha value is -2.99. The molecule has 5 nitrogen and oxygen atoms in total. The van der Waals surface area contributed by atoms with Crippen LogP contribution in [0.5, 0.6) is 0 Å². The van der Waals surface area contributed by atoms with E-state index < -0.39 is 0 Å². The molecule has 0 aliphatic carbocycles. The lowest BCUT2D eigenvalue weighted by Gasteiger charge is -2.16. The van der Waals surface area contributed by atoms with Crippen LogP contribution in [-0.4, -0.2) is 41.1 Å². The molecule has 0 spiro atoms. The van der Waals surface area contributed by atoms with Crippen LogP contribution in [0.25, 0.3) is 11.3 Å². The highest BCUT2D eigenvalue weighted by atomic mass is 19.1. The fraction of sp³-hybridized carbons (Fsp3) is 0.304. The molecule has 0 unspecified atom stereocenters. The average Bonchev–Trinajstić information content (AvgIpc) is 3.17. The van der Waals surface area contributed by atoms with Gasteiger partial charge in [0.15, 0.2) is 0 Å². The Balaban J connectivity index is 1.42. The minimum Gasteiger partial charge on any atom is -0.325 e. The van der Waals surface area contributed by atoms with E-state index in [-0.39, 0.29) is 11.7 Å². The van der Waals surface area contributed by atoms with Gasteiger partial charge in [-0.3, -0.25) is 14.8 Å². The van der Waals surface area contributed by atoms with E-state index in [9.17, 15) is 9.18 Å². The number of carbonyl (C=O) groups is 1. The third-order valence-corrected chi connectivity index (χ3v) is 4.79. The van der Waals surface area contributed by atoms with Crippen molar-refractivity contribution in [1.82, 2.24) is 15.1 Å². The van der Waals surface area contributed by atoms with Crippen molar-refractivity contribution in [3.05, 3.63) is 71.7 Å². The zero-order valence-corrected chi connectivity index (χ0v) is 16.9. The van der Waals surface area contributed by atoms with E-state index >= 15 is 0 Å². The van der Waals surface area contributed by atoms with Crippen molar-refractivity contribution in [1.29, 1.82) is 0 Å². The van der Waals surface area contributed by atoms with E-state index in [2.05, 4.69) is 28.5 Å². The predicted molar refractivity (Wildman–Crippen MR) is 114 cm³/mol. The molecule has 29 heavy (non-hydrogen) atoms. The van der Waals surface area contributed by atoms with Gasteiger partial charge in [0.25, 0.3) is 0 Å². The number of nitrogens with zero attached hydrogens (tertiary/aromatic N) is 2. The first-order chi connectivity index (χ1) is 14.0. The topological polar surface area (TPSA) is 61.0 Å². The van der Waals surface area contributed by atoms with E-state index in [1.165, 1.54) is 17.7 Å². The summed E-state index contributed by atoms with van der Waals surface area (Å²) in [5, 5.41) is 10.3. The van der Waals surface area contributed by atoms with Crippen LogP contribution in [0.2, 0.25) is 0 Å². The number of likely N-dealkylation sites (N-methyl/N-ethyl adjacent to an activating group) is 1. The molecule has 1 heterocycles. The fourth-order valence-corrected chi connectivity index (χ4v) is 3.19. The number of nitrogens with one attached hydrogen (secondary N) is 2. The lowest BCUT2D eigenvalue weighted by molar-refractivity contribution is -0.117. The summed E-state index contributed by atoms with van der Waals surface area (Å²) in [7, 11) is 1.94. The first-order valence-corrected chi connectivity index (χ1v) is 9.91. The van der Waals surface area contributed by atoms with Crippen LogP contribution in [0, 0.1) is 5.82 Å². The monoisotopic (exact) mass is 394 g/mol. The minimum atomic E-state index is -0.255. The van der Waals surface area contributed by atoms with Gasteiger partial charge < -0.3 is 5.32 Å². The van der Waals surface area contributed by atoms with E-state index in [1.807, 2.05) is 36.2 Å². The number of H-pyrrole nitrogens is 1. The normalized spacial score (nSPS) is 11.0. The number of aromatic nitrogens is 2. The van der Waals surface area contributed by atoms with E-state index in [0.717, 1.165) is 48.4 Å². The van der Waals surface area contributed by atoms with Crippen molar-refractivity contribution in [3.8, 4) is 11.3 Å². The molecule has 0 radical (unpaired) electrons. The second-order valence-corrected chi connectivity index (χ2v) is 7.23. The Kier molecular flexibility index (Phi) is 7.14. The van der Waals surface area contributed by atoms with Crippen molar-refractivity contribution in [2.45, 2.75) is 26.2 Å². The number of anilines is 1. The highest BCUT2D eigenvalue weighted by Crippen LogP contribution is 2.18. The molecular weight excluding hydrogens is 367 g/mol. The van der Waals surface area contributed by atoms with Crippen LogP contribution >= 0.6 is 0 Å². The van der Waals surface area contributed by atoms with Crippen LogP contribution in [-0.2, 0) is 17.6 Å². The highest BCUT2D eigenvalue weighted by molar-refractivity contribution is 5.92. The number of amides is 1. The number of hydrogen-bond acceptors (Lipinski definition) is 3. The van der Waals surface area contributed by atoms with E-state index in [0.29, 0.717) is 6.54 Å². The van der Waals surface area contributed by atoms with Gasteiger partial charge in [0.05, 0.1) is 12.2 Å². The molecule has 1 amide bonds. The molecule has 2 N–H and O–H groups in total. The summed E-state index contributed by atoms with van der Waals surface area (Å²) in [4.78, 5) is 14.3. The highest BCUT2D eigenvalue weighted by Gasteiger charge is 2.09. The molecule has 6 heteroatoms.